The topological polar surface area (TPSA) is 107 Å². The molecule has 0 saturated carbocycles. The molecule has 0 spiro atoms. The van der Waals surface area contributed by atoms with Crippen LogP contribution in [0.2, 0.25) is 0 Å². The number of rotatable bonds is 5. The van der Waals surface area contributed by atoms with Crippen molar-refractivity contribution < 1.29 is 14.5 Å². The van der Waals surface area contributed by atoms with Gasteiger partial charge in [-0.15, -0.1) is 0 Å². The van der Waals surface area contributed by atoms with Crippen LogP contribution in [0, 0.1) is 16.0 Å². The third-order valence-electron chi connectivity index (χ3n) is 2.30. The fourth-order valence-electron chi connectivity index (χ4n) is 1.39. The van der Waals surface area contributed by atoms with Crippen molar-refractivity contribution in [3.8, 4) is 5.75 Å². The number of benzene rings is 1. The number of hydrazine groups is 1. The highest BCUT2D eigenvalue weighted by Crippen LogP contribution is 2.21. The van der Waals surface area contributed by atoms with Gasteiger partial charge in [-0.1, -0.05) is 19.9 Å². The monoisotopic (exact) mass is 253 g/mol. The van der Waals surface area contributed by atoms with Crippen LogP contribution in [0.1, 0.15) is 13.8 Å². The minimum Gasteiger partial charge on any atom is -0.480 e. The summed E-state index contributed by atoms with van der Waals surface area (Å²) < 4.78 is 5.42. The minimum absolute atomic E-state index is 0.0943. The number of hydrogen-bond acceptors (Lipinski definition) is 5. The van der Waals surface area contributed by atoms with E-state index in [2.05, 4.69) is 0 Å². The van der Waals surface area contributed by atoms with Crippen molar-refractivity contribution in [3.63, 3.8) is 0 Å². The van der Waals surface area contributed by atoms with Gasteiger partial charge in [-0.2, -0.15) is 0 Å². The highest BCUT2D eigenvalue weighted by atomic mass is 16.6. The van der Waals surface area contributed by atoms with Crippen molar-refractivity contribution in [3.05, 3.63) is 34.4 Å². The fourth-order valence-corrected chi connectivity index (χ4v) is 1.39. The van der Waals surface area contributed by atoms with Gasteiger partial charge in [0.2, 0.25) is 0 Å². The highest BCUT2D eigenvalue weighted by Gasteiger charge is 2.24. The van der Waals surface area contributed by atoms with Crippen LogP contribution in [0.3, 0.4) is 0 Å². The molecule has 0 aliphatic rings. The number of carbonyl (C=O) groups is 1. The molecule has 0 aliphatic carbocycles. The molecular formula is C11H15N3O4. The maximum absolute atomic E-state index is 11.5. The molecule has 1 amide bonds. The first kappa shape index (κ1) is 13.9. The lowest BCUT2D eigenvalue weighted by Crippen LogP contribution is -2.44. The Labute approximate surface area is 104 Å². The second-order valence-electron chi connectivity index (χ2n) is 4.05. The first-order chi connectivity index (χ1) is 8.45. The Morgan fingerprint density at radius 2 is 2.17 bits per heavy atom. The van der Waals surface area contributed by atoms with Crippen molar-refractivity contribution in [1.29, 1.82) is 0 Å². The summed E-state index contributed by atoms with van der Waals surface area (Å²) in [7, 11) is 0. The van der Waals surface area contributed by atoms with Crippen LogP contribution in [0.15, 0.2) is 24.3 Å². The van der Waals surface area contributed by atoms with E-state index in [9.17, 15) is 14.9 Å². The lowest BCUT2D eigenvalue weighted by Gasteiger charge is -2.20. The molecule has 0 bridgehead atoms. The normalized spacial score (nSPS) is 12.0. The Hall–Kier alpha value is -2.15. The van der Waals surface area contributed by atoms with Crippen molar-refractivity contribution in [1.82, 2.24) is 5.43 Å². The van der Waals surface area contributed by atoms with Crippen molar-refractivity contribution >= 4 is 11.6 Å². The van der Waals surface area contributed by atoms with E-state index in [-0.39, 0.29) is 17.4 Å². The van der Waals surface area contributed by atoms with E-state index in [0.29, 0.717) is 0 Å². The van der Waals surface area contributed by atoms with Crippen molar-refractivity contribution in [2.45, 2.75) is 20.0 Å². The van der Waals surface area contributed by atoms with E-state index in [1.807, 2.05) is 5.43 Å². The van der Waals surface area contributed by atoms with Crippen molar-refractivity contribution in [2.75, 3.05) is 0 Å². The molecule has 0 fully saturated rings. The van der Waals surface area contributed by atoms with E-state index in [1.54, 1.807) is 19.9 Å². The predicted octanol–water partition coefficient (Wildman–Crippen LogP) is 0.988. The van der Waals surface area contributed by atoms with Gasteiger partial charge in [0.05, 0.1) is 11.0 Å². The quantitative estimate of drug-likeness (QED) is 0.352. The molecule has 7 heteroatoms. The molecular weight excluding hydrogens is 238 g/mol. The SMILES string of the molecule is CC(C)C(Oc1cccc([N+](=O)[O-])c1)C(=O)NN. The zero-order valence-corrected chi connectivity index (χ0v) is 10.1. The van der Waals surface area contributed by atoms with Crippen LogP contribution in [0.5, 0.6) is 5.75 Å². The molecule has 98 valence electrons. The molecule has 0 saturated heterocycles. The molecule has 1 aromatic carbocycles. The number of amides is 1. The summed E-state index contributed by atoms with van der Waals surface area (Å²) in [6, 6.07) is 5.65. The zero-order chi connectivity index (χ0) is 13.7. The van der Waals surface area contributed by atoms with Gasteiger partial charge in [-0.05, 0) is 12.0 Å². The van der Waals surface area contributed by atoms with E-state index in [4.69, 9.17) is 10.6 Å². The minimum atomic E-state index is -0.794. The summed E-state index contributed by atoms with van der Waals surface area (Å²) in [5.74, 6) is 4.72. The number of nitrogens with two attached hydrogens (primary N) is 1. The van der Waals surface area contributed by atoms with Gasteiger partial charge >= 0.3 is 0 Å². The zero-order valence-electron chi connectivity index (χ0n) is 10.1. The maximum Gasteiger partial charge on any atom is 0.275 e. The van der Waals surface area contributed by atoms with Gasteiger partial charge in [-0.25, -0.2) is 5.84 Å². The van der Waals surface area contributed by atoms with Gasteiger partial charge in [0.25, 0.3) is 11.6 Å². The number of hydrogen-bond donors (Lipinski definition) is 2. The summed E-state index contributed by atoms with van der Waals surface area (Å²) in [5.41, 5.74) is 1.91. The molecule has 1 atom stereocenters. The van der Waals surface area contributed by atoms with Crippen LogP contribution in [0.25, 0.3) is 0 Å². The van der Waals surface area contributed by atoms with Gasteiger partial charge in [0.15, 0.2) is 6.10 Å². The van der Waals surface area contributed by atoms with Gasteiger partial charge in [-0.3, -0.25) is 20.3 Å². The molecule has 0 aromatic heterocycles. The third-order valence-corrected chi connectivity index (χ3v) is 2.30. The van der Waals surface area contributed by atoms with Gasteiger partial charge in [0, 0.05) is 6.07 Å². The number of nitro groups is 1. The van der Waals surface area contributed by atoms with Crippen LogP contribution in [-0.2, 0) is 4.79 Å². The summed E-state index contributed by atoms with van der Waals surface area (Å²) in [6.45, 7) is 3.58. The first-order valence-corrected chi connectivity index (χ1v) is 5.37. The number of nitro benzene ring substituents is 1. The fraction of sp³-hybridized carbons (Fsp3) is 0.364. The molecule has 18 heavy (non-hydrogen) atoms. The number of carbonyl (C=O) groups excluding carboxylic acids is 1. The molecule has 1 unspecified atom stereocenters. The smallest absolute Gasteiger partial charge is 0.275 e. The maximum atomic E-state index is 11.5. The van der Waals surface area contributed by atoms with Crippen LogP contribution in [-0.4, -0.2) is 16.9 Å². The summed E-state index contributed by atoms with van der Waals surface area (Å²) >= 11 is 0. The standard InChI is InChI=1S/C11H15N3O4/c1-7(2)10(11(15)13-12)18-9-5-3-4-8(6-9)14(16)17/h3-7,10H,12H2,1-2H3,(H,13,15). The average Bonchev–Trinajstić information content (AvgIpc) is 2.35. The number of nitrogens with zero attached hydrogens (tertiary/aromatic N) is 1. The number of ether oxygens (including phenoxy) is 1. The molecule has 1 rings (SSSR count). The lowest BCUT2D eigenvalue weighted by atomic mass is 10.1. The Bertz CT molecular complexity index is 448. The van der Waals surface area contributed by atoms with E-state index in [1.165, 1.54) is 18.2 Å². The van der Waals surface area contributed by atoms with Crippen LogP contribution < -0.4 is 16.0 Å². The molecule has 0 aliphatic heterocycles. The molecule has 0 radical (unpaired) electrons. The first-order valence-electron chi connectivity index (χ1n) is 5.37. The second-order valence-corrected chi connectivity index (χ2v) is 4.05. The van der Waals surface area contributed by atoms with Gasteiger partial charge < -0.3 is 4.74 Å². The van der Waals surface area contributed by atoms with Gasteiger partial charge in [0.1, 0.15) is 5.75 Å². The van der Waals surface area contributed by atoms with E-state index >= 15 is 0 Å². The Kier molecular flexibility index (Phi) is 4.61. The molecule has 3 N–H and O–H groups in total. The molecule has 7 nitrogen and oxygen atoms in total. The summed E-state index contributed by atoms with van der Waals surface area (Å²) in [5, 5.41) is 10.6. The second kappa shape index (κ2) is 5.97. The largest absolute Gasteiger partial charge is 0.480 e. The van der Waals surface area contributed by atoms with Crippen LogP contribution in [0.4, 0.5) is 5.69 Å². The Balaban J connectivity index is 2.90. The Morgan fingerprint density at radius 1 is 1.50 bits per heavy atom. The average molecular weight is 253 g/mol. The summed E-state index contributed by atoms with van der Waals surface area (Å²) in [4.78, 5) is 21.6. The van der Waals surface area contributed by atoms with Crippen LogP contribution >= 0.6 is 0 Å². The lowest BCUT2D eigenvalue weighted by molar-refractivity contribution is -0.385. The number of non-ortho nitro benzene ring substituents is 1. The van der Waals surface area contributed by atoms with E-state index in [0.717, 1.165) is 0 Å². The predicted molar refractivity (Wildman–Crippen MR) is 64.7 cm³/mol. The summed E-state index contributed by atoms with van der Waals surface area (Å²) in [6.07, 6.45) is -0.794. The van der Waals surface area contributed by atoms with E-state index < -0.39 is 16.9 Å². The highest BCUT2D eigenvalue weighted by molar-refractivity contribution is 5.80. The Morgan fingerprint density at radius 3 is 2.67 bits per heavy atom. The molecule has 1 aromatic rings. The van der Waals surface area contributed by atoms with Crippen molar-refractivity contribution in [2.24, 2.45) is 11.8 Å². The third kappa shape index (κ3) is 3.42. The molecule has 0 heterocycles. The number of nitrogens with one attached hydrogen (secondary N) is 1.